The Labute approximate surface area is 122 Å². The van der Waals surface area contributed by atoms with E-state index in [0.29, 0.717) is 17.4 Å². The molecule has 0 aromatic heterocycles. The van der Waals surface area contributed by atoms with E-state index in [1.54, 1.807) is 11.8 Å². The van der Waals surface area contributed by atoms with Gasteiger partial charge >= 0.3 is 0 Å². The van der Waals surface area contributed by atoms with Crippen molar-refractivity contribution in [1.29, 1.82) is 0 Å². The predicted molar refractivity (Wildman–Crippen MR) is 82.3 cm³/mol. The molecule has 0 aliphatic heterocycles. The van der Waals surface area contributed by atoms with Gasteiger partial charge in [-0.1, -0.05) is 6.92 Å². The Bertz CT molecular complexity index is 443. The summed E-state index contributed by atoms with van der Waals surface area (Å²) in [5, 5.41) is 11.7. The van der Waals surface area contributed by atoms with Crippen LogP contribution < -0.4 is 11.1 Å². The minimum absolute atomic E-state index is 0.122. The molecule has 1 unspecified atom stereocenters. The molecule has 4 N–H and O–H groups in total. The number of benzene rings is 1. The lowest BCUT2D eigenvalue weighted by Crippen LogP contribution is -2.13. The van der Waals surface area contributed by atoms with Gasteiger partial charge in [0.05, 0.1) is 5.69 Å². The second kappa shape index (κ2) is 8.81. The molecule has 4 nitrogen and oxygen atoms in total. The molecule has 0 saturated carbocycles. The van der Waals surface area contributed by atoms with Gasteiger partial charge in [-0.15, -0.1) is 0 Å². The van der Waals surface area contributed by atoms with Crippen LogP contribution in [0.5, 0.6) is 0 Å². The van der Waals surface area contributed by atoms with Gasteiger partial charge in [0.1, 0.15) is 5.82 Å². The lowest BCUT2D eigenvalue weighted by Gasteiger charge is -2.09. The van der Waals surface area contributed by atoms with Crippen LogP contribution in [0.4, 0.5) is 15.8 Å². The number of thioether (sulfide) groups is 1. The third-order valence-corrected chi connectivity index (χ3v) is 4.08. The van der Waals surface area contributed by atoms with Crippen LogP contribution >= 0.6 is 11.8 Å². The summed E-state index contributed by atoms with van der Waals surface area (Å²) in [6.45, 7) is 2.23. The zero-order valence-corrected chi connectivity index (χ0v) is 12.4. The van der Waals surface area contributed by atoms with Gasteiger partial charge in [-0.3, -0.25) is 4.79 Å². The SMILES string of the molecule is CC(CCO)SCCCC(=O)Nc1cc(N)ccc1F. The van der Waals surface area contributed by atoms with Gasteiger partial charge < -0.3 is 16.2 Å². The van der Waals surface area contributed by atoms with E-state index in [9.17, 15) is 9.18 Å². The number of amides is 1. The molecule has 0 bridgehead atoms. The molecule has 6 heteroatoms. The third kappa shape index (κ3) is 6.25. The van der Waals surface area contributed by atoms with Crippen molar-refractivity contribution in [3.05, 3.63) is 24.0 Å². The molecular formula is C14H21FN2O2S. The molecule has 1 atom stereocenters. The number of rotatable bonds is 8. The highest BCUT2D eigenvalue weighted by Gasteiger charge is 2.08. The summed E-state index contributed by atoms with van der Waals surface area (Å²) in [5.74, 6) is 0.136. The first kappa shape index (κ1) is 16.8. The summed E-state index contributed by atoms with van der Waals surface area (Å²) in [6.07, 6.45) is 1.81. The predicted octanol–water partition coefficient (Wildman–Crippen LogP) is 2.63. The minimum Gasteiger partial charge on any atom is -0.399 e. The van der Waals surface area contributed by atoms with Gasteiger partial charge in [-0.2, -0.15) is 11.8 Å². The van der Waals surface area contributed by atoms with E-state index in [4.69, 9.17) is 10.8 Å². The topological polar surface area (TPSA) is 75.3 Å². The molecule has 0 aliphatic carbocycles. The van der Waals surface area contributed by atoms with E-state index in [-0.39, 0.29) is 18.2 Å². The highest BCUT2D eigenvalue weighted by molar-refractivity contribution is 7.99. The summed E-state index contributed by atoms with van der Waals surface area (Å²) in [6, 6.07) is 4.09. The fourth-order valence-corrected chi connectivity index (χ4v) is 2.62. The molecule has 0 aliphatic rings. The van der Waals surface area contributed by atoms with Crippen molar-refractivity contribution in [3.63, 3.8) is 0 Å². The molecule has 0 heterocycles. The van der Waals surface area contributed by atoms with Crippen molar-refractivity contribution in [1.82, 2.24) is 0 Å². The van der Waals surface area contributed by atoms with Gasteiger partial charge in [0.25, 0.3) is 0 Å². The van der Waals surface area contributed by atoms with E-state index in [0.717, 1.165) is 18.6 Å². The number of aliphatic hydroxyl groups is 1. The lowest BCUT2D eigenvalue weighted by molar-refractivity contribution is -0.116. The molecule has 1 aromatic carbocycles. The zero-order valence-electron chi connectivity index (χ0n) is 11.6. The second-order valence-electron chi connectivity index (χ2n) is 4.58. The Morgan fingerprint density at radius 2 is 2.30 bits per heavy atom. The van der Waals surface area contributed by atoms with E-state index in [1.807, 2.05) is 6.92 Å². The molecule has 0 radical (unpaired) electrons. The van der Waals surface area contributed by atoms with Crippen LogP contribution in [0.25, 0.3) is 0 Å². The smallest absolute Gasteiger partial charge is 0.224 e. The van der Waals surface area contributed by atoms with Gasteiger partial charge in [0.15, 0.2) is 0 Å². The number of nitrogens with two attached hydrogens (primary N) is 1. The van der Waals surface area contributed by atoms with Crippen LogP contribution in [0.1, 0.15) is 26.2 Å². The first-order valence-electron chi connectivity index (χ1n) is 6.60. The van der Waals surface area contributed by atoms with Crippen LogP contribution in [-0.4, -0.2) is 28.6 Å². The molecule has 112 valence electrons. The average molecular weight is 300 g/mol. The fourth-order valence-electron chi connectivity index (χ4n) is 1.63. The molecule has 0 saturated heterocycles. The van der Waals surface area contributed by atoms with Crippen LogP contribution in [0, 0.1) is 5.82 Å². The molecule has 0 spiro atoms. The maximum absolute atomic E-state index is 13.4. The highest BCUT2D eigenvalue weighted by atomic mass is 32.2. The Morgan fingerprint density at radius 1 is 1.55 bits per heavy atom. The number of hydrogen-bond acceptors (Lipinski definition) is 4. The first-order chi connectivity index (χ1) is 9.52. The quantitative estimate of drug-likeness (QED) is 0.509. The molecule has 1 amide bonds. The van der Waals surface area contributed by atoms with Crippen molar-refractivity contribution < 1.29 is 14.3 Å². The fraction of sp³-hybridized carbons (Fsp3) is 0.500. The van der Waals surface area contributed by atoms with E-state index < -0.39 is 5.82 Å². The van der Waals surface area contributed by atoms with E-state index in [1.165, 1.54) is 18.2 Å². The number of aliphatic hydroxyl groups excluding tert-OH is 1. The summed E-state index contributed by atoms with van der Waals surface area (Å²) in [7, 11) is 0. The highest BCUT2D eigenvalue weighted by Crippen LogP contribution is 2.19. The van der Waals surface area contributed by atoms with Gasteiger partial charge in [-0.05, 0) is 36.8 Å². The van der Waals surface area contributed by atoms with Crippen molar-refractivity contribution in [3.8, 4) is 0 Å². The maximum Gasteiger partial charge on any atom is 0.224 e. The van der Waals surface area contributed by atoms with Gasteiger partial charge in [-0.25, -0.2) is 4.39 Å². The maximum atomic E-state index is 13.4. The van der Waals surface area contributed by atoms with Crippen LogP contribution in [0.2, 0.25) is 0 Å². The number of nitrogens with one attached hydrogen (secondary N) is 1. The Morgan fingerprint density at radius 3 is 3.00 bits per heavy atom. The summed E-state index contributed by atoms with van der Waals surface area (Å²) < 4.78 is 13.4. The molecule has 1 rings (SSSR count). The van der Waals surface area contributed by atoms with Crippen LogP contribution in [0.15, 0.2) is 18.2 Å². The van der Waals surface area contributed by atoms with E-state index >= 15 is 0 Å². The number of anilines is 2. The lowest BCUT2D eigenvalue weighted by atomic mass is 10.2. The Balaban J connectivity index is 2.28. The summed E-state index contributed by atoms with van der Waals surface area (Å²) >= 11 is 1.72. The van der Waals surface area contributed by atoms with Crippen molar-refractivity contribution in [2.45, 2.75) is 31.4 Å². The molecule has 0 fully saturated rings. The molecule has 20 heavy (non-hydrogen) atoms. The number of carbonyl (C=O) groups is 1. The second-order valence-corrected chi connectivity index (χ2v) is 6.13. The number of hydrogen-bond donors (Lipinski definition) is 3. The normalized spacial score (nSPS) is 12.2. The monoisotopic (exact) mass is 300 g/mol. The third-order valence-electron chi connectivity index (χ3n) is 2.75. The standard InChI is InChI=1S/C14H21FN2O2S/c1-10(6-7-18)20-8-2-3-14(19)17-13-9-11(16)4-5-12(13)15/h4-5,9-10,18H,2-3,6-8,16H2,1H3,(H,17,19). The van der Waals surface area contributed by atoms with E-state index in [2.05, 4.69) is 5.32 Å². The van der Waals surface area contributed by atoms with Crippen molar-refractivity contribution in [2.24, 2.45) is 0 Å². The largest absolute Gasteiger partial charge is 0.399 e. The minimum atomic E-state index is -0.488. The Hall–Kier alpha value is -1.27. The number of nitrogen functional groups attached to an aromatic ring is 1. The van der Waals surface area contributed by atoms with Gasteiger partial charge in [0.2, 0.25) is 5.91 Å². The van der Waals surface area contributed by atoms with Crippen molar-refractivity contribution in [2.75, 3.05) is 23.4 Å². The molecular weight excluding hydrogens is 279 g/mol. The summed E-state index contributed by atoms with van der Waals surface area (Å²) in [5.41, 5.74) is 6.08. The van der Waals surface area contributed by atoms with Crippen LogP contribution in [-0.2, 0) is 4.79 Å². The number of halogens is 1. The van der Waals surface area contributed by atoms with Crippen molar-refractivity contribution >= 4 is 29.0 Å². The first-order valence-corrected chi connectivity index (χ1v) is 7.65. The molecule has 1 aromatic rings. The zero-order chi connectivity index (χ0) is 15.0. The van der Waals surface area contributed by atoms with Crippen LogP contribution in [0.3, 0.4) is 0 Å². The Kier molecular flexibility index (Phi) is 7.40. The summed E-state index contributed by atoms with van der Waals surface area (Å²) in [4.78, 5) is 11.7. The number of carbonyl (C=O) groups excluding carboxylic acids is 1. The van der Waals surface area contributed by atoms with Gasteiger partial charge in [0, 0.05) is 24.0 Å². The average Bonchev–Trinajstić information content (AvgIpc) is 2.39.